The number of methoxy groups -OCH3 is 1. The second-order valence-electron chi connectivity index (χ2n) is 2.70. The highest BCUT2D eigenvalue weighted by molar-refractivity contribution is 7.97. The minimum absolute atomic E-state index is 0.720. The Morgan fingerprint density at radius 3 is 2.54 bits per heavy atom. The maximum atomic E-state index is 6.02. The largest absolute Gasteiger partial charge is 0.497 e. The molecule has 0 fully saturated rings. The van der Waals surface area contributed by atoms with Crippen molar-refractivity contribution in [2.24, 2.45) is 0 Å². The summed E-state index contributed by atoms with van der Waals surface area (Å²) in [4.78, 5) is 1.03. The van der Waals surface area contributed by atoms with Gasteiger partial charge < -0.3 is 4.74 Å². The molecule has 0 unspecified atom stereocenters. The molecule has 0 heterocycles. The van der Waals surface area contributed by atoms with Crippen LogP contribution >= 0.6 is 23.5 Å². The van der Waals surface area contributed by atoms with Gasteiger partial charge in [-0.25, -0.2) is 0 Å². The first-order chi connectivity index (χ1) is 6.13. The van der Waals surface area contributed by atoms with Crippen LogP contribution in [0.1, 0.15) is 0 Å². The SMILES string of the molecule is COc1ccc(SN(C)C)c(Cl)c1. The van der Waals surface area contributed by atoms with Gasteiger partial charge in [0.25, 0.3) is 0 Å². The Hall–Kier alpha value is -0.380. The molecule has 0 aliphatic rings. The molecular weight excluding hydrogens is 206 g/mol. The minimum Gasteiger partial charge on any atom is -0.497 e. The first kappa shape index (κ1) is 10.7. The average molecular weight is 218 g/mol. The fraction of sp³-hybridized carbons (Fsp3) is 0.333. The molecule has 0 atom stereocenters. The number of nitrogens with zero attached hydrogens (tertiary/aromatic N) is 1. The van der Waals surface area contributed by atoms with Crippen LogP contribution in [0.5, 0.6) is 5.75 Å². The van der Waals surface area contributed by atoms with Gasteiger partial charge >= 0.3 is 0 Å². The van der Waals surface area contributed by atoms with Crippen molar-refractivity contribution in [1.29, 1.82) is 0 Å². The van der Waals surface area contributed by atoms with Crippen LogP contribution < -0.4 is 4.74 Å². The molecular formula is C9H12ClNOS. The van der Waals surface area contributed by atoms with Crippen LogP contribution in [0.15, 0.2) is 23.1 Å². The molecule has 4 heteroatoms. The third-order valence-electron chi connectivity index (χ3n) is 1.42. The quantitative estimate of drug-likeness (QED) is 0.723. The van der Waals surface area contributed by atoms with Crippen LogP contribution in [-0.4, -0.2) is 25.5 Å². The molecule has 0 aromatic heterocycles. The van der Waals surface area contributed by atoms with Crippen molar-refractivity contribution in [1.82, 2.24) is 4.31 Å². The zero-order valence-corrected chi connectivity index (χ0v) is 9.45. The number of halogens is 1. The van der Waals surface area contributed by atoms with Crippen LogP contribution in [0, 0.1) is 0 Å². The molecule has 0 saturated carbocycles. The van der Waals surface area contributed by atoms with Crippen molar-refractivity contribution >= 4 is 23.5 Å². The van der Waals surface area contributed by atoms with Gasteiger partial charge in [0, 0.05) is 4.90 Å². The maximum absolute atomic E-state index is 6.02. The number of hydrogen-bond donors (Lipinski definition) is 0. The summed E-state index contributed by atoms with van der Waals surface area (Å²) in [5.41, 5.74) is 0. The lowest BCUT2D eigenvalue weighted by atomic mass is 10.3. The topological polar surface area (TPSA) is 12.5 Å². The van der Waals surface area contributed by atoms with E-state index in [1.54, 1.807) is 19.1 Å². The second kappa shape index (κ2) is 4.74. The fourth-order valence-electron chi connectivity index (χ4n) is 0.879. The third-order valence-corrected chi connectivity index (χ3v) is 2.76. The van der Waals surface area contributed by atoms with Gasteiger partial charge in [-0.05, 0) is 44.2 Å². The van der Waals surface area contributed by atoms with E-state index in [0.29, 0.717) is 0 Å². The normalized spacial score (nSPS) is 10.5. The van der Waals surface area contributed by atoms with E-state index in [1.165, 1.54) is 0 Å². The lowest BCUT2D eigenvalue weighted by molar-refractivity contribution is 0.414. The highest BCUT2D eigenvalue weighted by atomic mass is 35.5. The van der Waals surface area contributed by atoms with Gasteiger partial charge in [-0.3, -0.25) is 4.31 Å². The molecule has 0 radical (unpaired) electrons. The van der Waals surface area contributed by atoms with E-state index in [-0.39, 0.29) is 0 Å². The van der Waals surface area contributed by atoms with Crippen molar-refractivity contribution in [3.8, 4) is 5.75 Å². The first-order valence-corrected chi connectivity index (χ1v) is 4.97. The molecule has 0 saturated heterocycles. The van der Waals surface area contributed by atoms with Gasteiger partial charge in [0.15, 0.2) is 0 Å². The van der Waals surface area contributed by atoms with Gasteiger partial charge in [0.2, 0.25) is 0 Å². The van der Waals surface area contributed by atoms with Crippen molar-refractivity contribution in [2.75, 3.05) is 21.2 Å². The number of rotatable bonds is 3. The molecule has 13 heavy (non-hydrogen) atoms. The molecule has 72 valence electrons. The first-order valence-electron chi connectivity index (χ1n) is 3.82. The van der Waals surface area contributed by atoms with Gasteiger partial charge in [0.05, 0.1) is 12.1 Å². The summed E-state index contributed by atoms with van der Waals surface area (Å²) in [5.74, 6) is 0.785. The molecule has 0 amide bonds. The van der Waals surface area contributed by atoms with Crippen molar-refractivity contribution in [3.63, 3.8) is 0 Å². The van der Waals surface area contributed by atoms with E-state index in [0.717, 1.165) is 15.7 Å². The maximum Gasteiger partial charge on any atom is 0.120 e. The molecule has 1 aromatic carbocycles. The van der Waals surface area contributed by atoms with Crippen molar-refractivity contribution in [2.45, 2.75) is 4.90 Å². The standard InChI is InChI=1S/C9H12ClNOS/c1-11(2)13-9-5-4-7(12-3)6-8(9)10/h4-6H,1-3H3. The van der Waals surface area contributed by atoms with Crippen LogP contribution in [-0.2, 0) is 0 Å². The van der Waals surface area contributed by atoms with Crippen LogP contribution in [0.2, 0.25) is 5.02 Å². The lowest BCUT2D eigenvalue weighted by Gasteiger charge is -2.10. The van der Waals surface area contributed by atoms with Gasteiger partial charge in [-0.2, -0.15) is 0 Å². The number of ether oxygens (including phenoxy) is 1. The Bertz CT molecular complexity index is 291. The summed E-state index contributed by atoms with van der Waals surface area (Å²) in [6.07, 6.45) is 0. The van der Waals surface area contributed by atoms with Crippen LogP contribution in [0.4, 0.5) is 0 Å². The summed E-state index contributed by atoms with van der Waals surface area (Å²) < 4.78 is 7.04. The zero-order chi connectivity index (χ0) is 9.84. The molecule has 1 aromatic rings. The Balaban J connectivity index is 2.85. The van der Waals surface area contributed by atoms with E-state index in [9.17, 15) is 0 Å². The Kier molecular flexibility index (Phi) is 3.90. The van der Waals surface area contributed by atoms with Crippen LogP contribution in [0.3, 0.4) is 0 Å². The van der Waals surface area contributed by atoms with E-state index in [4.69, 9.17) is 16.3 Å². The molecule has 2 nitrogen and oxygen atoms in total. The molecule has 0 N–H and O–H groups in total. The summed E-state index contributed by atoms with van der Waals surface area (Å²) in [6.45, 7) is 0. The Morgan fingerprint density at radius 1 is 1.38 bits per heavy atom. The smallest absolute Gasteiger partial charge is 0.120 e. The molecule has 0 spiro atoms. The molecule has 0 bridgehead atoms. The van der Waals surface area contributed by atoms with E-state index >= 15 is 0 Å². The highest BCUT2D eigenvalue weighted by Crippen LogP contribution is 2.31. The van der Waals surface area contributed by atoms with E-state index < -0.39 is 0 Å². The summed E-state index contributed by atoms with van der Waals surface area (Å²) >= 11 is 7.61. The van der Waals surface area contributed by atoms with Crippen molar-refractivity contribution in [3.05, 3.63) is 23.2 Å². The average Bonchev–Trinajstić information content (AvgIpc) is 2.08. The second-order valence-corrected chi connectivity index (χ2v) is 4.46. The number of hydrogen-bond acceptors (Lipinski definition) is 3. The monoisotopic (exact) mass is 217 g/mol. The Morgan fingerprint density at radius 2 is 2.08 bits per heavy atom. The zero-order valence-electron chi connectivity index (χ0n) is 7.87. The number of benzene rings is 1. The summed E-state index contributed by atoms with van der Waals surface area (Å²) in [6, 6.07) is 5.66. The Labute approximate surface area is 88.0 Å². The highest BCUT2D eigenvalue weighted by Gasteiger charge is 2.03. The lowest BCUT2D eigenvalue weighted by Crippen LogP contribution is -1.98. The van der Waals surface area contributed by atoms with Gasteiger partial charge in [-0.15, -0.1) is 0 Å². The predicted molar refractivity (Wildman–Crippen MR) is 57.5 cm³/mol. The van der Waals surface area contributed by atoms with E-state index in [1.807, 2.05) is 36.6 Å². The molecule has 1 rings (SSSR count). The summed E-state index contributed by atoms with van der Waals surface area (Å²) in [5, 5.41) is 0.720. The summed E-state index contributed by atoms with van der Waals surface area (Å²) in [7, 11) is 5.58. The van der Waals surface area contributed by atoms with Crippen LogP contribution in [0.25, 0.3) is 0 Å². The molecule has 0 aliphatic heterocycles. The minimum atomic E-state index is 0.720. The van der Waals surface area contributed by atoms with Gasteiger partial charge in [0.1, 0.15) is 5.75 Å². The fourth-order valence-corrected chi connectivity index (χ4v) is 1.82. The molecule has 0 aliphatic carbocycles. The van der Waals surface area contributed by atoms with E-state index in [2.05, 4.69) is 0 Å². The van der Waals surface area contributed by atoms with Crippen molar-refractivity contribution < 1.29 is 4.74 Å². The predicted octanol–water partition coefficient (Wildman–Crippen LogP) is 2.92. The third kappa shape index (κ3) is 3.10. The van der Waals surface area contributed by atoms with Gasteiger partial charge in [-0.1, -0.05) is 11.6 Å².